The molecule has 5 nitrogen and oxygen atoms in total. The summed E-state index contributed by atoms with van der Waals surface area (Å²) in [5.41, 5.74) is 0.953. The molecular weight excluding hydrogens is 318 g/mol. The molecule has 0 spiro atoms. The Morgan fingerprint density at radius 3 is 2.72 bits per heavy atom. The number of fused-ring (bicyclic) bond motifs is 1. The van der Waals surface area contributed by atoms with Crippen LogP contribution in [0.15, 0.2) is 41.0 Å². The molecule has 1 fully saturated rings. The van der Waals surface area contributed by atoms with Crippen LogP contribution in [0.5, 0.6) is 11.5 Å². The third-order valence-electron chi connectivity index (χ3n) is 5.03. The minimum absolute atomic E-state index is 0.141. The molecule has 1 amide bonds. The van der Waals surface area contributed by atoms with E-state index in [1.54, 1.807) is 6.26 Å². The first kappa shape index (κ1) is 16.1. The van der Waals surface area contributed by atoms with Gasteiger partial charge in [0, 0.05) is 6.04 Å². The summed E-state index contributed by atoms with van der Waals surface area (Å²) < 4.78 is 16.2. The molecule has 0 N–H and O–H groups in total. The molecule has 1 aliphatic heterocycles. The zero-order valence-electron chi connectivity index (χ0n) is 14.3. The first-order chi connectivity index (χ1) is 12.3. The molecule has 0 atom stereocenters. The van der Waals surface area contributed by atoms with Crippen LogP contribution in [-0.4, -0.2) is 23.6 Å². The molecule has 132 valence electrons. The van der Waals surface area contributed by atoms with Crippen molar-refractivity contribution in [3.63, 3.8) is 0 Å². The maximum Gasteiger partial charge on any atom is 0.231 e. The Bertz CT molecular complexity index is 719. The topological polar surface area (TPSA) is 51.9 Å². The van der Waals surface area contributed by atoms with Crippen molar-refractivity contribution in [1.82, 2.24) is 4.90 Å². The highest BCUT2D eigenvalue weighted by Crippen LogP contribution is 2.33. The molecule has 1 aromatic carbocycles. The molecule has 4 rings (SSSR count). The Morgan fingerprint density at radius 1 is 1.08 bits per heavy atom. The van der Waals surface area contributed by atoms with E-state index < -0.39 is 0 Å². The fraction of sp³-hybridized carbons (Fsp3) is 0.450. The van der Waals surface area contributed by atoms with Gasteiger partial charge in [-0.25, -0.2) is 0 Å². The lowest BCUT2D eigenvalue weighted by Crippen LogP contribution is -2.41. The van der Waals surface area contributed by atoms with Gasteiger partial charge in [-0.15, -0.1) is 0 Å². The van der Waals surface area contributed by atoms with Gasteiger partial charge in [-0.3, -0.25) is 4.79 Å². The van der Waals surface area contributed by atoms with Gasteiger partial charge in [0.25, 0.3) is 0 Å². The molecule has 0 bridgehead atoms. The van der Waals surface area contributed by atoms with Gasteiger partial charge < -0.3 is 18.8 Å². The largest absolute Gasteiger partial charge is 0.467 e. The highest BCUT2D eigenvalue weighted by molar-refractivity contribution is 5.79. The average molecular weight is 341 g/mol. The Morgan fingerprint density at radius 2 is 1.92 bits per heavy atom. The van der Waals surface area contributed by atoms with Crippen LogP contribution in [0.2, 0.25) is 0 Å². The van der Waals surface area contributed by atoms with Crippen molar-refractivity contribution in [2.24, 2.45) is 0 Å². The number of carbonyl (C=O) groups is 1. The van der Waals surface area contributed by atoms with Gasteiger partial charge in [0.15, 0.2) is 11.5 Å². The van der Waals surface area contributed by atoms with Gasteiger partial charge in [-0.05, 0) is 42.7 Å². The number of ether oxygens (including phenoxy) is 2. The Kier molecular flexibility index (Phi) is 4.63. The van der Waals surface area contributed by atoms with E-state index in [2.05, 4.69) is 0 Å². The van der Waals surface area contributed by atoms with Crippen molar-refractivity contribution in [3.8, 4) is 11.5 Å². The van der Waals surface area contributed by atoms with Crippen LogP contribution in [-0.2, 0) is 17.8 Å². The normalized spacial score (nSPS) is 16.8. The standard InChI is InChI=1S/C20H23NO4/c22-20(12-15-8-9-18-19(11-15)25-14-24-18)21(13-17-7-4-10-23-17)16-5-2-1-3-6-16/h4,7-11,16H,1-3,5-6,12-14H2. The number of hydrogen-bond donors (Lipinski definition) is 0. The lowest BCUT2D eigenvalue weighted by Gasteiger charge is -2.34. The van der Waals surface area contributed by atoms with Crippen molar-refractivity contribution < 1.29 is 18.7 Å². The monoisotopic (exact) mass is 341 g/mol. The zero-order chi connectivity index (χ0) is 17.1. The third-order valence-corrected chi connectivity index (χ3v) is 5.03. The van der Waals surface area contributed by atoms with Gasteiger partial charge in [0.05, 0.1) is 19.2 Å². The number of benzene rings is 1. The van der Waals surface area contributed by atoms with Crippen LogP contribution in [0.4, 0.5) is 0 Å². The minimum atomic E-state index is 0.141. The second-order valence-corrected chi connectivity index (χ2v) is 6.76. The molecule has 2 heterocycles. The van der Waals surface area contributed by atoms with Crippen LogP contribution < -0.4 is 9.47 Å². The Labute approximate surface area is 147 Å². The molecule has 0 unspecified atom stereocenters. The number of nitrogens with zero attached hydrogens (tertiary/aromatic N) is 1. The maximum absolute atomic E-state index is 13.1. The van der Waals surface area contributed by atoms with Crippen LogP contribution >= 0.6 is 0 Å². The van der Waals surface area contributed by atoms with Crippen molar-refractivity contribution in [2.45, 2.75) is 51.1 Å². The Balaban J connectivity index is 1.50. The molecule has 1 saturated carbocycles. The molecule has 1 aromatic heterocycles. The first-order valence-electron chi connectivity index (χ1n) is 9.00. The SMILES string of the molecule is O=C(Cc1ccc2c(c1)OCO2)N(Cc1ccco1)C1CCCCC1. The molecule has 5 heteroatoms. The number of rotatable bonds is 5. The Hall–Kier alpha value is -2.43. The molecule has 1 aliphatic carbocycles. The highest BCUT2D eigenvalue weighted by atomic mass is 16.7. The first-order valence-corrected chi connectivity index (χ1v) is 9.00. The molecular formula is C20H23NO4. The summed E-state index contributed by atoms with van der Waals surface area (Å²) >= 11 is 0. The van der Waals surface area contributed by atoms with E-state index in [9.17, 15) is 4.79 Å². The van der Waals surface area contributed by atoms with Crippen LogP contribution in [0.1, 0.15) is 43.4 Å². The van der Waals surface area contributed by atoms with E-state index in [-0.39, 0.29) is 12.7 Å². The lowest BCUT2D eigenvalue weighted by molar-refractivity contribution is -0.134. The minimum Gasteiger partial charge on any atom is -0.467 e. The van der Waals surface area contributed by atoms with Gasteiger partial charge in [-0.2, -0.15) is 0 Å². The van der Waals surface area contributed by atoms with Crippen LogP contribution in [0.3, 0.4) is 0 Å². The molecule has 2 aromatic rings. The summed E-state index contributed by atoms with van der Waals surface area (Å²) in [6, 6.07) is 9.84. The summed E-state index contributed by atoms with van der Waals surface area (Å²) in [4.78, 5) is 15.1. The summed E-state index contributed by atoms with van der Waals surface area (Å²) in [6.45, 7) is 0.792. The van der Waals surface area contributed by atoms with Gasteiger partial charge in [-0.1, -0.05) is 25.3 Å². The fourth-order valence-electron chi connectivity index (χ4n) is 3.71. The maximum atomic E-state index is 13.1. The van der Waals surface area contributed by atoms with E-state index >= 15 is 0 Å². The predicted molar refractivity (Wildman–Crippen MR) is 92.4 cm³/mol. The zero-order valence-corrected chi connectivity index (χ0v) is 14.3. The second kappa shape index (κ2) is 7.21. The highest BCUT2D eigenvalue weighted by Gasteiger charge is 2.26. The molecule has 25 heavy (non-hydrogen) atoms. The molecule has 0 saturated heterocycles. The average Bonchev–Trinajstić information content (AvgIpc) is 3.31. The van der Waals surface area contributed by atoms with Gasteiger partial charge in [0.2, 0.25) is 12.7 Å². The predicted octanol–water partition coefficient (Wildman–Crippen LogP) is 3.91. The number of amides is 1. The fourth-order valence-corrected chi connectivity index (χ4v) is 3.71. The third kappa shape index (κ3) is 3.65. The van der Waals surface area contributed by atoms with E-state index in [4.69, 9.17) is 13.9 Å². The number of hydrogen-bond acceptors (Lipinski definition) is 4. The summed E-state index contributed by atoms with van der Waals surface area (Å²) in [5, 5.41) is 0. The quantitative estimate of drug-likeness (QED) is 0.827. The summed E-state index contributed by atoms with van der Waals surface area (Å²) in [7, 11) is 0. The smallest absolute Gasteiger partial charge is 0.231 e. The van der Waals surface area contributed by atoms with Crippen molar-refractivity contribution >= 4 is 5.91 Å². The van der Waals surface area contributed by atoms with Gasteiger partial charge >= 0.3 is 0 Å². The van der Waals surface area contributed by atoms with Crippen molar-refractivity contribution in [3.05, 3.63) is 47.9 Å². The van der Waals surface area contributed by atoms with Crippen LogP contribution in [0.25, 0.3) is 0 Å². The number of carbonyl (C=O) groups excluding carboxylic acids is 1. The van der Waals surface area contributed by atoms with Crippen molar-refractivity contribution in [1.29, 1.82) is 0 Å². The van der Waals surface area contributed by atoms with Crippen molar-refractivity contribution in [2.75, 3.05) is 6.79 Å². The van der Waals surface area contributed by atoms with E-state index in [1.165, 1.54) is 19.3 Å². The number of furan rings is 1. The summed E-state index contributed by atoms with van der Waals surface area (Å²) in [6.07, 6.45) is 7.83. The molecule has 0 radical (unpaired) electrons. The van der Waals surface area contributed by atoms with Crippen LogP contribution in [0, 0.1) is 0 Å². The van der Waals surface area contributed by atoms with Gasteiger partial charge in [0.1, 0.15) is 5.76 Å². The summed E-state index contributed by atoms with van der Waals surface area (Å²) in [5.74, 6) is 2.45. The van der Waals surface area contributed by atoms with E-state index in [0.717, 1.165) is 35.7 Å². The lowest BCUT2D eigenvalue weighted by atomic mass is 9.93. The second-order valence-electron chi connectivity index (χ2n) is 6.76. The molecule has 2 aliphatic rings. The van der Waals surface area contributed by atoms with E-state index in [1.807, 2.05) is 35.2 Å². The van der Waals surface area contributed by atoms with E-state index in [0.29, 0.717) is 19.0 Å².